The first-order chi connectivity index (χ1) is 10.2. The maximum Gasteiger partial charge on any atom is 0.223 e. The lowest BCUT2D eigenvalue weighted by Crippen LogP contribution is -2.31. The summed E-state index contributed by atoms with van der Waals surface area (Å²) in [5.41, 5.74) is 8.71. The number of hydrogen-bond acceptors (Lipinski definition) is 5. The van der Waals surface area contributed by atoms with Gasteiger partial charge in [-0.3, -0.25) is 0 Å². The number of nitrogen functional groups attached to an aromatic ring is 1. The number of benzene rings is 1. The monoisotopic (exact) mass is 296 g/mol. The van der Waals surface area contributed by atoms with E-state index in [1.807, 2.05) is 0 Å². The smallest absolute Gasteiger partial charge is 0.223 e. The van der Waals surface area contributed by atoms with Gasteiger partial charge in [-0.2, -0.15) is 4.98 Å². The Morgan fingerprint density at radius 1 is 1.19 bits per heavy atom. The molecule has 1 aliphatic heterocycles. The molecule has 106 valence electrons. The van der Waals surface area contributed by atoms with E-state index in [2.05, 4.69) is 52.1 Å². The van der Waals surface area contributed by atoms with Crippen LogP contribution in [0.4, 0.5) is 11.8 Å². The lowest BCUT2D eigenvalue weighted by molar-refractivity contribution is 0.724. The zero-order chi connectivity index (χ0) is 14.4. The van der Waals surface area contributed by atoms with E-state index in [4.69, 9.17) is 5.73 Å². The quantitative estimate of drug-likeness (QED) is 0.749. The number of rotatable bonds is 1. The summed E-state index contributed by atoms with van der Waals surface area (Å²) >= 11 is 1.67. The summed E-state index contributed by atoms with van der Waals surface area (Å²) in [6, 6.07) is 10.8. The Bertz CT molecular complexity index is 824. The summed E-state index contributed by atoms with van der Waals surface area (Å²) in [6.07, 6.45) is 1.05. The number of anilines is 2. The molecule has 1 aromatic carbocycles. The molecule has 1 aliphatic rings. The second kappa shape index (κ2) is 4.70. The van der Waals surface area contributed by atoms with E-state index in [0.29, 0.717) is 5.95 Å². The fourth-order valence-electron chi connectivity index (χ4n) is 2.96. The van der Waals surface area contributed by atoms with Gasteiger partial charge in [0.15, 0.2) is 0 Å². The van der Waals surface area contributed by atoms with Crippen LogP contribution in [0.5, 0.6) is 0 Å². The van der Waals surface area contributed by atoms with Crippen LogP contribution in [0.3, 0.4) is 0 Å². The van der Waals surface area contributed by atoms with Crippen LogP contribution in [0.1, 0.15) is 16.0 Å². The summed E-state index contributed by atoms with van der Waals surface area (Å²) < 4.78 is 0. The highest BCUT2D eigenvalue weighted by molar-refractivity contribution is 7.18. The lowest BCUT2D eigenvalue weighted by atomic mass is 10.00. The maximum absolute atomic E-state index is 5.89. The first-order valence-electron chi connectivity index (χ1n) is 7.06. The van der Waals surface area contributed by atoms with Crippen molar-refractivity contribution in [1.29, 1.82) is 0 Å². The van der Waals surface area contributed by atoms with Crippen molar-refractivity contribution >= 4 is 33.3 Å². The molecule has 2 aromatic heterocycles. The molecule has 0 amide bonds. The number of aryl methyl sites for hydroxylation is 1. The van der Waals surface area contributed by atoms with E-state index in [1.165, 1.54) is 16.0 Å². The summed E-state index contributed by atoms with van der Waals surface area (Å²) in [4.78, 5) is 13.4. The van der Waals surface area contributed by atoms with Gasteiger partial charge in [-0.1, -0.05) is 24.3 Å². The molecule has 0 aliphatic carbocycles. The summed E-state index contributed by atoms with van der Waals surface area (Å²) in [5, 5.41) is 1.12. The first kappa shape index (κ1) is 12.6. The number of thiophene rings is 1. The van der Waals surface area contributed by atoms with E-state index < -0.39 is 0 Å². The molecule has 0 spiro atoms. The van der Waals surface area contributed by atoms with Crippen LogP contribution in [0.2, 0.25) is 0 Å². The van der Waals surface area contributed by atoms with Crippen molar-refractivity contribution in [2.75, 3.05) is 17.2 Å². The second-order valence-corrected chi connectivity index (χ2v) is 6.66. The average Bonchev–Trinajstić information content (AvgIpc) is 2.86. The molecular formula is C16H16N4S. The van der Waals surface area contributed by atoms with Gasteiger partial charge in [0.25, 0.3) is 0 Å². The SMILES string of the molecule is Cc1cc2c(N3CCc4ccccc4C3)nc(N)nc2s1. The van der Waals surface area contributed by atoms with Crippen molar-refractivity contribution in [2.24, 2.45) is 0 Å². The lowest BCUT2D eigenvalue weighted by Gasteiger charge is -2.30. The molecule has 0 radical (unpaired) electrons. The zero-order valence-electron chi connectivity index (χ0n) is 11.8. The molecule has 0 fully saturated rings. The highest BCUT2D eigenvalue weighted by Gasteiger charge is 2.20. The van der Waals surface area contributed by atoms with Crippen LogP contribution >= 0.6 is 11.3 Å². The van der Waals surface area contributed by atoms with Crippen LogP contribution < -0.4 is 10.6 Å². The molecule has 5 heteroatoms. The van der Waals surface area contributed by atoms with Gasteiger partial charge >= 0.3 is 0 Å². The third-order valence-electron chi connectivity index (χ3n) is 3.94. The van der Waals surface area contributed by atoms with Crippen molar-refractivity contribution in [1.82, 2.24) is 9.97 Å². The van der Waals surface area contributed by atoms with Crippen LogP contribution in [-0.2, 0) is 13.0 Å². The minimum atomic E-state index is 0.359. The average molecular weight is 296 g/mol. The highest BCUT2D eigenvalue weighted by Crippen LogP contribution is 2.33. The summed E-state index contributed by atoms with van der Waals surface area (Å²) in [5.74, 6) is 1.33. The highest BCUT2D eigenvalue weighted by atomic mass is 32.1. The molecule has 21 heavy (non-hydrogen) atoms. The van der Waals surface area contributed by atoms with Gasteiger partial charge in [-0.15, -0.1) is 11.3 Å². The molecule has 2 N–H and O–H groups in total. The molecule has 4 rings (SSSR count). The van der Waals surface area contributed by atoms with Gasteiger partial charge in [0.05, 0.1) is 5.39 Å². The Balaban J connectivity index is 1.81. The molecule has 0 saturated carbocycles. The Hall–Kier alpha value is -2.14. The van der Waals surface area contributed by atoms with E-state index >= 15 is 0 Å². The van der Waals surface area contributed by atoms with Crippen molar-refractivity contribution in [2.45, 2.75) is 19.9 Å². The minimum Gasteiger partial charge on any atom is -0.368 e. The normalized spacial score (nSPS) is 14.4. The Morgan fingerprint density at radius 3 is 2.86 bits per heavy atom. The predicted octanol–water partition coefficient (Wildman–Crippen LogP) is 3.14. The van der Waals surface area contributed by atoms with Gasteiger partial charge in [0.1, 0.15) is 10.6 Å². The van der Waals surface area contributed by atoms with Crippen molar-refractivity contribution in [3.8, 4) is 0 Å². The van der Waals surface area contributed by atoms with E-state index in [1.54, 1.807) is 11.3 Å². The molecule has 3 heterocycles. The fourth-order valence-corrected chi connectivity index (χ4v) is 3.84. The Morgan fingerprint density at radius 2 is 2.00 bits per heavy atom. The molecule has 0 atom stereocenters. The Labute approximate surface area is 127 Å². The van der Waals surface area contributed by atoms with Crippen molar-refractivity contribution in [3.05, 3.63) is 46.3 Å². The van der Waals surface area contributed by atoms with Gasteiger partial charge in [-0.25, -0.2) is 4.98 Å². The zero-order valence-corrected chi connectivity index (χ0v) is 12.7. The van der Waals surface area contributed by atoms with Crippen molar-refractivity contribution < 1.29 is 0 Å². The largest absolute Gasteiger partial charge is 0.368 e. The minimum absolute atomic E-state index is 0.359. The van der Waals surface area contributed by atoms with E-state index in [0.717, 1.165) is 35.5 Å². The molecule has 3 aromatic rings. The Kier molecular flexibility index (Phi) is 2.82. The molecule has 0 saturated heterocycles. The third kappa shape index (κ3) is 2.14. The van der Waals surface area contributed by atoms with Crippen molar-refractivity contribution in [3.63, 3.8) is 0 Å². The van der Waals surface area contributed by atoms with Crippen LogP contribution in [0.25, 0.3) is 10.2 Å². The van der Waals surface area contributed by atoms with Gasteiger partial charge in [-0.05, 0) is 30.5 Å². The van der Waals surface area contributed by atoms with Crippen LogP contribution in [0, 0.1) is 6.92 Å². The summed E-state index contributed by atoms with van der Waals surface area (Å²) in [6.45, 7) is 3.95. The first-order valence-corrected chi connectivity index (χ1v) is 7.88. The van der Waals surface area contributed by atoms with Crippen LogP contribution in [-0.4, -0.2) is 16.5 Å². The number of nitrogens with two attached hydrogens (primary N) is 1. The fraction of sp³-hybridized carbons (Fsp3) is 0.250. The standard InChI is InChI=1S/C16H16N4S/c1-10-8-13-14(18-16(17)19-15(13)21-10)20-7-6-11-4-2-3-5-12(11)9-20/h2-5,8H,6-7,9H2,1H3,(H2,17,18,19). The molecule has 0 unspecified atom stereocenters. The summed E-state index contributed by atoms with van der Waals surface area (Å²) in [7, 11) is 0. The predicted molar refractivity (Wildman–Crippen MR) is 87.8 cm³/mol. The second-order valence-electron chi connectivity index (χ2n) is 5.42. The number of aromatic nitrogens is 2. The van der Waals surface area contributed by atoms with Crippen LogP contribution in [0.15, 0.2) is 30.3 Å². The number of hydrogen-bond donors (Lipinski definition) is 1. The molecule has 4 nitrogen and oxygen atoms in total. The van der Waals surface area contributed by atoms with E-state index in [-0.39, 0.29) is 0 Å². The third-order valence-corrected chi connectivity index (χ3v) is 4.89. The van der Waals surface area contributed by atoms with E-state index in [9.17, 15) is 0 Å². The molecule has 0 bridgehead atoms. The molecular weight excluding hydrogens is 280 g/mol. The number of nitrogens with zero attached hydrogens (tertiary/aromatic N) is 3. The topological polar surface area (TPSA) is 55.0 Å². The van der Waals surface area contributed by atoms with Gasteiger partial charge < -0.3 is 10.6 Å². The maximum atomic E-state index is 5.89. The van der Waals surface area contributed by atoms with Gasteiger partial charge in [0, 0.05) is 18.0 Å². The number of fused-ring (bicyclic) bond motifs is 2. The van der Waals surface area contributed by atoms with Gasteiger partial charge in [0.2, 0.25) is 5.95 Å².